The Morgan fingerprint density at radius 1 is 0.778 bits per heavy atom. The summed E-state index contributed by atoms with van der Waals surface area (Å²) in [6.45, 7) is 1.30. The Morgan fingerprint density at radius 2 is 1.15 bits per heavy atom. The first-order valence-electron chi connectivity index (χ1n) is 8.93. The van der Waals surface area contributed by atoms with Gasteiger partial charge in [0.1, 0.15) is 0 Å². The number of carbonyl (C=O) groups excluding carboxylic acids is 2. The van der Waals surface area contributed by atoms with E-state index >= 15 is 0 Å². The Morgan fingerprint density at radius 3 is 1.52 bits per heavy atom. The third-order valence-corrected chi connectivity index (χ3v) is 4.89. The Bertz CT molecular complexity index is 483. The lowest BCUT2D eigenvalue weighted by Crippen LogP contribution is -2.45. The van der Waals surface area contributed by atoms with Crippen molar-refractivity contribution in [3.8, 4) is 0 Å². The van der Waals surface area contributed by atoms with Gasteiger partial charge in [0.05, 0.1) is 0 Å². The molecule has 27 heavy (non-hydrogen) atoms. The van der Waals surface area contributed by atoms with E-state index in [-0.39, 0.29) is 0 Å². The van der Waals surface area contributed by atoms with Crippen LogP contribution in [0, 0.1) is 0 Å². The van der Waals surface area contributed by atoms with E-state index in [0.29, 0.717) is 26.2 Å². The highest BCUT2D eigenvalue weighted by Gasteiger charge is 2.23. The molecule has 0 aromatic rings. The quantitative estimate of drug-likeness (QED) is 0.396. The maximum atomic E-state index is 11.6. The summed E-state index contributed by atoms with van der Waals surface area (Å²) in [6, 6.07) is 0. The number of phosphoric acid groups is 1. The normalized spacial score (nSPS) is 19.3. The first-order chi connectivity index (χ1) is 12.9. The van der Waals surface area contributed by atoms with Gasteiger partial charge in [-0.25, -0.2) is 33.2 Å². The lowest BCUT2D eigenvalue weighted by atomic mass is 10.2. The molecule has 0 spiro atoms. The molecule has 2 heterocycles. The Hall–Kier alpha value is -1.43. The molecule has 3 N–H and O–H groups in total. The number of rotatable bonds is 8. The van der Waals surface area contributed by atoms with Crippen molar-refractivity contribution in [3.63, 3.8) is 0 Å². The fourth-order valence-corrected chi connectivity index (χ4v) is 3.11. The summed E-state index contributed by atoms with van der Waals surface area (Å²) in [5.41, 5.74) is 5.00. The summed E-state index contributed by atoms with van der Waals surface area (Å²) in [5.74, 6) is 0. The molecule has 2 fully saturated rings. The van der Waals surface area contributed by atoms with Crippen LogP contribution in [-0.2, 0) is 23.1 Å². The number of nitrogens with one attached hydrogen (secondary N) is 2. The van der Waals surface area contributed by atoms with Crippen molar-refractivity contribution in [2.75, 3.05) is 39.8 Å². The molecule has 0 saturated carbocycles. The van der Waals surface area contributed by atoms with Crippen molar-refractivity contribution in [1.29, 1.82) is 0 Å². The van der Waals surface area contributed by atoms with E-state index < -0.39 is 33.6 Å². The summed E-state index contributed by atoms with van der Waals surface area (Å²) in [7, 11) is -4.53. The molecule has 0 atom stereocenters. The summed E-state index contributed by atoms with van der Waals surface area (Å²) in [4.78, 5) is 32.5. The molecule has 156 valence electrons. The predicted molar refractivity (Wildman–Crippen MR) is 91.8 cm³/mol. The number of carbonyl (C=O) groups is 2. The van der Waals surface area contributed by atoms with Gasteiger partial charge >= 0.3 is 20.0 Å². The molecule has 0 aliphatic carbocycles. The largest absolute Gasteiger partial charge is 0.478 e. The van der Waals surface area contributed by atoms with E-state index in [9.17, 15) is 19.0 Å². The molecular formula is C14H27N4O8P. The van der Waals surface area contributed by atoms with Crippen molar-refractivity contribution in [3.05, 3.63) is 0 Å². The van der Waals surface area contributed by atoms with Crippen LogP contribution in [0.1, 0.15) is 38.5 Å². The van der Waals surface area contributed by atoms with Crippen LogP contribution in [0.15, 0.2) is 0 Å². The number of amides is 2. The van der Waals surface area contributed by atoms with Gasteiger partial charge in [-0.05, 0) is 25.7 Å². The van der Waals surface area contributed by atoms with Gasteiger partial charge in [-0.15, -0.1) is 0 Å². The van der Waals surface area contributed by atoms with Crippen LogP contribution in [-0.4, -0.2) is 66.9 Å². The van der Waals surface area contributed by atoms with Gasteiger partial charge < -0.3 is 14.4 Å². The molecule has 2 aliphatic rings. The highest BCUT2D eigenvalue weighted by molar-refractivity contribution is 7.47. The third-order valence-electron chi connectivity index (χ3n) is 4.02. The second kappa shape index (κ2) is 11.4. The molecule has 0 unspecified atom stereocenters. The van der Waals surface area contributed by atoms with Crippen LogP contribution < -0.4 is 10.9 Å². The molecule has 2 aliphatic heterocycles. The number of phosphoric ester groups is 1. The van der Waals surface area contributed by atoms with Gasteiger partial charge in [0.2, 0.25) is 13.6 Å². The first-order valence-corrected chi connectivity index (χ1v) is 10.4. The Balaban J connectivity index is 1.53. The van der Waals surface area contributed by atoms with E-state index in [2.05, 4.69) is 29.4 Å². The Labute approximate surface area is 157 Å². The topological polar surface area (TPSA) is 139 Å². The van der Waals surface area contributed by atoms with Crippen molar-refractivity contribution in [2.45, 2.75) is 38.5 Å². The van der Waals surface area contributed by atoms with E-state index in [0.717, 1.165) is 38.5 Å². The van der Waals surface area contributed by atoms with Gasteiger partial charge in [-0.1, -0.05) is 12.8 Å². The predicted octanol–water partition coefficient (Wildman–Crippen LogP) is 1.29. The smallest absolute Gasteiger partial charge is 0.421 e. The van der Waals surface area contributed by atoms with Gasteiger partial charge in [-0.3, -0.25) is 10.9 Å². The minimum absolute atomic E-state index is 0.717. The van der Waals surface area contributed by atoms with Gasteiger partial charge in [0, 0.05) is 26.2 Å². The van der Waals surface area contributed by atoms with Crippen molar-refractivity contribution < 1.29 is 37.6 Å². The SMILES string of the molecule is O=C(NN1CCCCC1)OCOP(=O)(O)OCOC(=O)NN1CCCCC1. The third kappa shape index (κ3) is 9.36. The number of hydrazine groups is 2. The van der Waals surface area contributed by atoms with Gasteiger partial charge in [0.25, 0.3) is 0 Å². The zero-order valence-corrected chi connectivity index (χ0v) is 16.0. The highest BCUT2D eigenvalue weighted by atomic mass is 31.2. The van der Waals surface area contributed by atoms with Gasteiger partial charge in [-0.2, -0.15) is 0 Å². The zero-order valence-electron chi connectivity index (χ0n) is 15.1. The second-order valence-electron chi connectivity index (χ2n) is 6.15. The molecular weight excluding hydrogens is 383 g/mol. The number of hydrogen-bond acceptors (Lipinski definition) is 9. The van der Waals surface area contributed by atoms with Gasteiger partial charge in [0.15, 0.2) is 0 Å². The van der Waals surface area contributed by atoms with Crippen LogP contribution in [0.3, 0.4) is 0 Å². The van der Waals surface area contributed by atoms with Crippen LogP contribution in [0.25, 0.3) is 0 Å². The molecule has 0 bridgehead atoms. The summed E-state index contributed by atoms with van der Waals surface area (Å²) in [5, 5.41) is 3.41. The first kappa shape index (κ1) is 21.9. The summed E-state index contributed by atoms with van der Waals surface area (Å²) < 4.78 is 29.9. The lowest BCUT2D eigenvalue weighted by Gasteiger charge is -2.26. The van der Waals surface area contributed by atoms with E-state index in [1.807, 2.05) is 0 Å². The van der Waals surface area contributed by atoms with Crippen molar-refractivity contribution in [2.24, 2.45) is 0 Å². The molecule has 2 amide bonds. The zero-order chi connectivity index (χ0) is 19.5. The molecule has 0 aromatic heterocycles. The molecule has 2 saturated heterocycles. The number of ether oxygens (including phenoxy) is 2. The van der Waals surface area contributed by atoms with E-state index in [1.54, 1.807) is 10.0 Å². The second-order valence-corrected chi connectivity index (χ2v) is 7.60. The summed E-state index contributed by atoms with van der Waals surface area (Å²) in [6.07, 6.45) is 4.52. The monoisotopic (exact) mass is 410 g/mol. The fourth-order valence-electron chi connectivity index (χ4n) is 2.66. The van der Waals surface area contributed by atoms with Crippen LogP contribution in [0.5, 0.6) is 0 Å². The Kier molecular flexibility index (Phi) is 9.25. The van der Waals surface area contributed by atoms with E-state index in [4.69, 9.17) is 0 Å². The molecule has 2 rings (SSSR count). The number of piperidine rings is 2. The van der Waals surface area contributed by atoms with Crippen molar-refractivity contribution >= 4 is 20.0 Å². The highest BCUT2D eigenvalue weighted by Crippen LogP contribution is 2.42. The summed E-state index contributed by atoms with van der Waals surface area (Å²) >= 11 is 0. The van der Waals surface area contributed by atoms with Crippen molar-refractivity contribution in [1.82, 2.24) is 20.9 Å². The maximum Gasteiger partial charge on any atom is 0.478 e. The lowest BCUT2D eigenvalue weighted by molar-refractivity contribution is -0.00938. The average Bonchev–Trinajstić information content (AvgIpc) is 2.63. The van der Waals surface area contributed by atoms with Crippen LogP contribution in [0.2, 0.25) is 0 Å². The minimum Gasteiger partial charge on any atom is -0.421 e. The molecule has 12 nitrogen and oxygen atoms in total. The van der Waals surface area contributed by atoms with Crippen LogP contribution in [0.4, 0.5) is 9.59 Å². The fraction of sp³-hybridized carbons (Fsp3) is 0.857. The average molecular weight is 410 g/mol. The molecule has 13 heteroatoms. The number of nitrogens with zero attached hydrogens (tertiary/aromatic N) is 2. The minimum atomic E-state index is -4.53. The van der Waals surface area contributed by atoms with E-state index in [1.165, 1.54) is 0 Å². The molecule has 0 radical (unpaired) electrons. The van der Waals surface area contributed by atoms with Crippen LogP contribution >= 0.6 is 7.82 Å². The maximum absolute atomic E-state index is 11.6. The number of hydrogen-bond donors (Lipinski definition) is 3. The standard InChI is InChI=1S/C14H27N4O8P/c19-13(15-17-7-3-1-4-8-17)23-11-25-27(21,22)26-12-24-14(20)16-18-9-5-2-6-10-18/h1-12H2,(H,15,19)(H,16,20)(H,21,22). The molecule has 0 aromatic carbocycles.